The first-order chi connectivity index (χ1) is 9.13. The van der Waals surface area contributed by atoms with Crippen LogP contribution in [0.15, 0.2) is 48.8 Å². The highest BCUT2D eigenvalue weighted by molar-refractivity contribution is 6.02. The summed E-state index contributed by atoms with van der Waals surface area (Å²) in [6, 6.07) is 0. The van der Waals surface area contributed by atoms with Crippen molar-refractivity contribution in [3.05, 3.63) is 54.4 Å². The Morgan fingerprint density at radius 2 is 2.21 bits per heavy atom. The molecular formula is C14H17N3O2. The van der Waals surface area contributed by atoms with Crippen LogP contribution in [-0.2, 0) is 16.0 Å². The van der Waals surface area contributed by atoms with Gasteiger partial charge >= 0.3 is 0 Å². The van der Waals surface area contributed by atoms with Gasteiger partial charge in [0, 0.05) is 30.9 Å². The van der Waals surface area contributed by atoms with Gasteiger partial charge < -0.3 is 4.90 Å². The van der Waals surface area contributed by atoms with Crippen LogP contribution in [0.3, 0.4) is 0 Å². The van der Waals surface area contributed by atoms with Crippen LogP contribution in [0.4, 0.5) is 0 Å². The van der Waals surface area contributed by atoms with Crippen LogP contribution in [0.25, 0.3) is 0 Å². The second kappa shape index (κ2) is 7.10. The molecule has 0 fully saturated rings. The fraction of sp³-hybridized carbons (Fsp3) is 0.214. The fourth-order valence-electron chi connectivity index (χ4n) is 1.57. The molecule has 0 atom stereocenters. The van der Waals surface area contributed by atoms with Gasteiger partial charge in [0.15, 0.2) is 6.29 Å². The number of carbonyl (C=O) groups is 2. The zero-order chi connectivity index (χ0) is 14.3. The molecule has 1 amide bonds. The second-order valence-corrected chi connectivity index (χ2v) is 3.98. The van der Waals surface area contributed by atoms with Gasteiger partial charge in [0.25, 0.3) is 5.91 Å². The number of nitrogens with one attached hydrogen (secondary N) is 1. The van der Waals surface area contributed by atoms with E-state index in [0.717, 1.165) is 5.56 Å². The van der Waals surface area contributed by atoms with Gasteiger partial charge in [-0.15, -0.1) is 0 Å². The molecule has 0 aliphatic rings. The van der Waals surface area contributed by atoms with Crippen molar-refractivity contribution in [2.24, 2.45) is 0 Å². The van der Waals surface area contributed by atoms with Crippen LogP contribution in [0.2, 0.25) is 0 Å². The van der Waals surface area contributed by atoms with Gasteiger partial charge in [-0.25, -0.2) is 0 Å². The number of hydrogen-bond donors (Lipinski definition) is 1. The fourth-order valence-corrected chi connectivity index (χ4v) is 1.57. The third kappa shape index (κ3) is 3.77. The Morgan fingerprint density at radius 1 is 1.47 bits per heavy atom. The van der Waals surface area contributed by atoms with E-state index >= 15 is 0 Å². The molecule has 1 aromatic rings. The van der Waals surface area contributed by atoms with Crippen molar-refractivity contribution >= 4 is 12.2 Å². The molecule has 5 nitrogen and oxygen atoms in total. The van der Waals surface area contributed by atoms with Gasteiger partial charge in [0.2, 0.25) is 0 Å². The van der Waals surface area contributed by atoms with E-state index in [1.165, 1.54) is 17.1 Å². The predicted octanol–water partition coefficient (Wildman–Crippen LogP) is 1.28. The normalized spacial score (nSPS) is 11.4. The minimum absolute atomic E-state index is 0.246. The van der Waals surface area contributed by atoms with E-state index in [4.69, 9.17) is 0 Å². The molecule has 100 valence electrons. The molecule has 1 N–H and O–H groups in total. The summed E-state index contributed by atoms with van der Waals surface area (Å²) in [4.78, 5) is 24.5. The summed E-state index contributed by atoms with van der Waals surface area (Å²) in [5.74, 6) is -0.250. The van der Waals surface area contributed by atoms with Crippen LogP contribution in [0.5, 0.6) is 0 Å². The average molecular weight is 259 g/mol. The average Bonchev–Trinajstić information content (AvgIpc) is 2.94. The molecule has 19 heavy (non-hydrogen) atoms. The van der Waals surface area contributed by atoms with Crippen LogP contribution in [0.1, 0.15) is 5.56 Å². The highest BCUT2D eigenvalue weighted by atomic mass is 16.2. The van der Waals surface area contributed by atoms with E-state index in [0.29, 0.717) is 19.3 Å². The Bertz CT molecular complexity index is 491. The number of carbonyl (C=O) groups excluding carboxylic acids is 2. The smallest absolute Gasteiger partial charge is 0.254 e. The maximum atomic E-state index is 12.2. The molecular weight excluding hydrogens is 242 g/mol. The first-order valence-electron chi connectivity index (χ1n) is 5.81. The molecule has 0 bridgehead atoms. The predicted molar refractivity (Wildman–Crippen MR) is 73.4 cm³/mol. The zero-order valence-corrected chi connectivity index (χ0v) is 10.9. The van der Waals surface area contributed by atoms with Crippen LogP contribution < -0.4 is 0 Å². The molecule has 5 heteroatoms. The molecule has 0 aromatic carbocycles. The maximum absolute atomic E-state index is 12.2. The number of amides is 1. The number of likely N-dealkylation sites (N-methyl/N-ethyl adjacent to an activating group) is 1. The molecule has 0 saturated heterocycles. The monoisotopic (exact) mass is 259 g/mol. The molecule has 0 aliphatic carbocycles. The van der Waals surface area contributed by atoms with Gasteiger partial charge in [-0.05, 0) is 12.0 Å². The lowest BCUT2D eigenvalue weighted by Crippen LogP contribution is -2.30. The number of H-pyrrole nitrogens is 1. The van der Waals surface area contributed by atoms with E-state index in [-0.39, 0.29) is 17.1 Å². The molecule has 0 spiro atoms. The summed E-state index contributed by atoms with van der Waals surface area (Å²) >= 11 is 0. The summed E-state index contributed by atoms with van der Waals surface area (Å²) in [6.07, 6.45) is 7.51. The number of aromatic amines is 1. The Hall–Kier alpha value is -2.43. The highest BCUT2D eigenvalue weighted by Crippen LogP contribution is 2.09. The van der Waals surface area contributed by atoms with Crippen LogP contribution in [-0.4, -0.2) is 40.9 Å². The molecule has 0 radical (unpaired) electrons. The first-order valence-corrected chi connectivity index (χ1v) is 5.81. The SMILES string of the molecule is C=C/C(C=O)=C(\C=C)C(=O)N(C)CCc1cn[nH]c1. The number of aromatic nitrogens is 2. The van der Waals surface area contributed by atoms with E-state index < -0.39 is 0 Å². The molecule has 1 rings (SSSR count). The number of hydrogen-bond acceptors (Lipinski definition) is 3. The zero-order valence-electron chi connectivity index (χ0n) is 10.9. The van der Waals surface area contributed by atoms with Gasteiger partial charge in [0.1, 0.15) is 0 Å². The van der Waals surface area contributed by atoms with E-state index in [1.807, 2.05) is 0 Å². The number of allylic oxidation sites excluding steroid dienone is 2. The van der Waals surface area contributed by atoms with Gasteiger partial charge in [-0.1, -0.05) is 25.3 Å². The summed E-state index contributed by atoms with van der Waals surface area (Å²) < 4.78 is 0. The third-order valence-corrected chi connectivity index (χ3v) is 2.73. The van der Waals surface area contributed by atoms with E-state index in [1.54, 1.807) is 19.4 Å². The van der Waals surface area contributed by atoms with Crippen molar-refractivity contribution in [2.45, 2.75) is 6.42 Å². The minimum Gasteiger partial charge on any atom is -0.341 e. The van der Waals surface area contributed by atoms with Crippen LogP contribution >= 0.6 is 0 Å². The Balaban J connectivity index is 2.75. The largest absolute Gasteiger partial charge is 0.341 e. The van der Waals surface area contributed by atoms with Crippen molar-refractivity contribution in [3.8, 4) is 0 Å². The topological polar surface area (TPSA) is 66.1 Å². The second-order valence-electron chi connectivity index (χ2n) is 3.98. The van der Waals surface area contributed by atoms with Gasteiger partial charge in [0.05, 0.1) is 6.20 Å². The Morgan fingerprint density at radius 3 is 2.68 bits per heavy atom. The van der Waals surface area contributed by atoms with Crippen LogP contribution in [0, 0.1) is 0 Å². The quantitative estimate of drug-likeness (QED) is 0.455. The molecule has 0 aliphatic heterocycles. The van der Waals surface area contributed by atoms with Crippen molar-refractivity contribution in [3.63, 3.8) is 0 Å². The summed E-state index contributed by atoms with van der Waals surface area (Å²) in [5, 5.41) is 6.55. The number of nitrogens with zero attached hydrogens (tertiary/aromatic N) is 2. The molecule has 0 unspecified atom stereocenters. The lowest BCUT2D eigenvalue weighted by Gasteiger charge is -2.17. The Kier molecular flexibility index (Phi) is 5.47. The summed E-state index contributed by atoms with van der Waals surface area (Å²) in [6.45, 7) is 7.60. The first kappa shape index (κ1) is 14.6. The van der Waals surface area contributed by atoms with E-state index in [2.05, 4.69) is 23.4 Å². The molecule has 1 heterocycles. The standard InChI is InChI=1S/C14H17N3O2/c1-4-12(10-18)13(5-2)14(19)17(3)7-6-11-8-15-16-9-11/h4-5,8-10H,1-2,6-7H2,3H3,(H,15,16)/b13-12-. The maximum Gasteiger partial charge on any atom is 0.254 e. The third-order valence-electron chi connectivity index (χ3n) is 2.73. The van der Waals surface area contributed by atoms with Crippen molar-refractivity contribution in [1.82, 2.24) is 15.1 Å². The number of aldehydes is 1. The highest BCUT2D eigenvalue weighted by Gasteiger charge is 2.15. The minimum atomic E-state index is -0.250. The van der Waals surface area contributed by atoms with Crippen molar-refractivity contribution < 1.29 is 9.59 Å². The van der Waals surface area contributed by atoms with E-state index in [9.17, 15) is 9.59 Å². The van der Waals surface area contributed by atoms with Gasteiger partial charge in [-0.3, -0.25) is 14.7 Å². The summed E-state index contributed by atoms with van der Waals surface area (Å²) in [5.41, 5.74) is 1.53. The van der Waals surface area contributed by atoms with Crippen molar-refractivity contribution in [1.29, 1.82) is 0 Å². The number of rotatable bonds is 7. The van der Waals surface area contributed by atoms with Crippen molar-refractivity contribution in [2.75, 3.05) is 13.6 Å². The molecule has 0 saturated carbocycles. The van der Waals surface area contributed by atoms with Gasteiger partial charge in [-0.2, -0.15) is 5.10 Å². The lowest BCUT2D eigenvalue weighted by molar-refractivity contribution is -0.125. The molecule has 1 aromatic heterocycles. The summed E-state index contributed by atoms with van der Waals surface area (Å²) in [7, 11) is 1.68. The Labute approximate surface area is 112 Å². The lowest BCUT2D eigenvalue weighted by atomic mass is 10.1.